The topological polar surface area (TPSA) is 20.2 Å². The molecule has 1 aromatic carbocycles. The van der Waals surface area contributed by atoms with Crippen molar-refractivity contribution in [1.29, 1.82) is 0 Å². The maximum Gasteiger partial charge on any atom is 0.164 e. The molecule has 0 atom stereocenters. The fourth-order valence-electron chi connectivity index (χ4n) is 0.452. The number of hydrogen-bond acceptors (Lipinski definition) is 1. The number of halogens is 1. The largest absolute Gasteiger partial charge is 0.505 e. The Balaban J connectivity index is 0.000000640. The standard InChI is InChI=1S/C6H5FO.Li/c7-5-3-1-2-4-6(5)8;/h1-4,8H;. The van der Waals surface area contributed by atoms with Crippen LogP contribution in [-0.2, 0) is 0 Å². The molecule has 0 saturated heterocycles. The zero-order valence-electron chi connectivity index (χ0n) is 5.13. The predicted octanol–water partition coefficient (Wildman–Crippen LogP) is 1.15. The molecule has 0 aromatic heterocycles. The van der Waals surface area contributed by atoms with Crippen LogP contribution in [0.3, 0.4) is 0 Å². The Morgan fingerprint density at radius 3 is 2.11 bits per heavy atom. The summed E-state index contributed by atoms with van der Waals surface area (Å²) in [6, 6.07) is 5.60. The first-order valence-electron chi connectivity index (χ1n) is 2.24. The van der Waals surface area contributed by atoms with E-state index in [1.807, 2.05) is 0 Å². The van der Waals surface area contributed by atoms with E-state index in [-0.39, 0.29) is 24.6 Å². The van der Waals surface area contributed by atoms with Crippen molar-refractivity contribution in [2.75, 3.05) is 0 Å². The Bertz CT molecular complexity index is 169. The van der Waals surface area contributed by atoms with Crippen LogP contribution < -0.4 is 0 Å². The number of phenols is 1. The first kappa shape index (κ1) is 8.55. The Labute approximate surface area is 64.7 Å². The molecule has 0 heterocycles. The van der Waals surface area contributed by atoms with Gasteiger partial charge in [-0.3, -0.25) is 0 Å². The van der Waals surface area contributed by atoms with Crippen LogP contribution in [0.4, 0.5) is 4.39 Å². The molecule has 9 heavy (non-hydrogen) atoms. The average molecular weight is 119 g/mol. The van der Waals surface area contributed by atoms with E-state index in [9.17, 15) is 4.39 Å². The fraction of sp³-hybridized carbons (Fsp3) is 0. The van der Waals surface area contributed by atoms with Crippen molar-refractivity contribution in [3.63, 3.8) is 0 Å². The molecule has 0 aliphatic carbocycles. The molecule has 0 fully saturated rings. The van der Waals surface area contributed by atoms with Crippen LogP contribution in [0.5, 0.6) is 5.75 Å². The van der Waals surface area contributed by atoms with Gasteiger partial charge in [-0.05, 0) is 12.1 Å². The second-order valence-corrected chi connectivity index (χ2v) is 1.45. The molecule has 0 saturated carbocycles. The van der Waals surface area contributed by atoms with E-state index in [0.29, 0.717) is 0 Å². The maximum atomic E-state index is 12.1. The molecule has 0 aliphatic rings. The molecule has 0 bridgehead atoms. The summed E-state index contributed by atoms with van der Waals surface area (Å²) < 4.78 is 12.1. The van der Waals surface area contributed by atoms with Crippen molar-refractivity contribution in [1.82, 2.24) is 0 Å². The van der Waals surface area contributed by atoms with E-state index >= 15 is 0 Å². The quantitative estimate of drug-likeness (QED) is 0.508. The third-order valence-electron chi connectivity index (χ3n) is 0.852. The molecule has 0 unspecified atom stereocenters. The monoisotopic (exact) mass is 119 g/mol. The first-order chi connectivity index (χ1) is 3.80. The molecular formula is C6H5FLiO. The number of phenolic OH excluding ortho intramolecular Hbond substituents is 1. The minimum Gasteiger partial charge on any atom is -0.505 e. The van der Waals surface area contributed by atoms with Crippen LogP contribution in [0.25, 0.3) is 0 Å². The van der Waals surface area contributed by atoms with Crippen molar-refractivity contribution in [3.05, 3.63) is 30.1 Å². The van der Waals surface area contributed by atoms with E-state index < -0.39 is 5.82 Å². The zero-order valence-corrected chi connectivity index (χ0v) is 5.13. The number of benzene rings is 1. The van der Waals surface area contributed by atoms with Gasteiger partial charge in [0.15, 0.2) is 11.6 Å². The van der Waals surface area contributed by atoms with Crippen LogP contribution >= 0.6 is 0 Å². The van der Waals surface area contributed by atoms with Crippen LogP contribution in [0.15, 0.2) is 24.3 Å². The molecule has 0 amide bonds. The molecule has 43 valence electrons. The minimum absolute atomic E-state index is 0. The number of hydrogen-bond donors (Lipinski definition) is 1. The van der Waals surface area contributed by atoms with Gasteiger partial charge in [0.25, 0.3) is 0 Å². The van der Waals surface area contributed by atoms with Crippen LogP contribution in [0.2, 0.25) is 0 Å². The minimum atomic E-state index is -0.576. The van der Waals surface area contributed by atoms with Crippen molar-refractivity contribution >= 4 is 18.9 Å². The maximum absolute atomic E-state index is 12.1. The van der Waals surface area contributed by atoms with Gasteiger partial charge >= 0.3 is 0 Å². The number of para-hydroxylation sites is 1. The summed E-state index contributed by atoms with van der Waals surface area (Å²) in [5.41, 5.74) is 0. The number of rotatable bonds is 0. The van der Waals surface area contributed by atoms with Gasteiger partial charge in [-0.2, -0.15) is 0 Å². The van der Waals surface area contributed by atoms with Crippen molar-refractivity contribution in [2.24, 2.45) is 0 Å². The van der Waals surface area contributed by atoms with Crippen LogP contribution in [0.1, 0.15) is 0 Å². The van der Waals surface area contributed by atoms with E-state index in [1.165, 1.54) is 18.2 Å². The van der Waals surface area contributed by atoms with Gasteiger partial charge in [0.05, 0.1) is 0 Å². The number of aromatic hydroxyl groups is 1. The summed E-state index contributed by atoms with van der Waals surface area (Å²) in [5.74, 6) is -0.875. The molecule has 1 radical (unpaired) electrons. The fourth-order valence-corrected chi connectivity index (χ4v) is 0.452. The second kappa shape index (κ2) is 3.55. The third-order valence-corrected chi connectivity index (χ3v) is 0.852. The Kier molecular flexibility index (Phi) is 3.37. The van der Waals surface area contributed by atoms with E-state index in [0.717, 1.165) is 0 Å². The summed E-state index contributed by atoms with van der Waals surface area (Å²) in [6.45, 7) is 0. The normalized spacial score (nSPS) is 8.11. The second-order valence-electron chi connectivity index (χ2n) is 1.45. The summed E-state index contributed by atoms with van der Waals surface area (Å²) in [5, 5.41) is 8.54. The molecule has 1 rings (SSSR count). The van der Waals surface area contributed by atoms with Gasteiger partial charge < -0.3 is 5.11 Å². The van der Waals surface area contributed by atoms with Gasteiger partial charge in [-0.1, -0.05) is 12.1 Å². The zero-order chi connectivity index (χ0) is 5.98. The molecule has 1 N–H and O–H groups in total. The smallest absolute Gasteiger partial charge is 0.164 e. The first-order valence-corrected chi connectivity index (χ1v) is 2.24. The molecular weight excluding hydrogens is 114 g/mol. The third kappa shape index (κ3) is 2.09. The summed E-state index contributed by atoms with van der Waals surface area (Å²) in [6.07, 6.45) is 0. The van der Waals surface area contributed by atoms with Gasteiger partial charge in [-0.15, -0.1) is 0 Å². The average Bonchev–Trinajstić information content (AvgIpc) is 1.77. The molecule has 1 aromatic rings. The molecule has 0 spiro atoms. The summed E-state index contributed by atoms with van der Waals surface area (Å²) >= 11 is 0. The Morgan fingerprint density at radius 1 is 1.22 bits per heavy atom. The van der Waals surface area contributed by atoms with E-state index in [2.05, 4.69) is 0 Å². The molecule has 1 nitrogen and oxygen atoms in total. The summed E-state index contributed by atoms with van der Waals surface area (Å²) in [7, 11) is 0. The predicted molar refractivity (Wildman–Crippen MR) is 33.8 cm³/mol. The Morgan fingerprint density at radius 2 is 1.78 bits per heavy atom. The molecule has 3 heteroatoms. The van der Waals surface area contributed by atoms with E-state index in [4.69, 9.17) is 5.11 Å². The van der Waals surface area contributed by atoms with Crippen molar-refractivity contribution in [2.45, 2.75) is 0 Å². The van der Waals surface area contributed by atoms with E-state index in [1.54, 1.807) is 6.07 Å². The Hall–Kier alpha value is -0.453. The SMILES string of the molecule is Oc1ccccc1F.[Li]. The van der Waals surface area contributed by atoms with Gasteiger partial charge in [-0.25, -0.2) is 4.39 Å². The van der Waals surface area contributed by atoms with Crippen LogP contribution in [-0.4, -0.2) is 24.0 Å². The molecule has 0 aliphatic heterocycles. The van der Waals surface area contributed by atoms with Gasteiger partial charge in [0, 0.05) is 18.9 Å². The van der Waals surface area contributed by atoms with Crippen molar-refractivity contribution in [3.8, 4) is 5.75 Å². The van der Waals surface area contributed by atoms with Gasteiger partial charge in [0.2, 0.25) is 0 Å². The summed E-state index contributed by atoms with van der Waals surface area (Å²) in [4.78, 5) is 0. The van der Waals surface area contributed by atoms with Gasteiger partial charge in [0.1, 0.15) is 0 Å². The van der Waals surface area contributed by atoms with Crippen molar-refractivity contribution < 1.29 is 9.50 Å². The van der Waals surface area contributed by atoms with Crippen LogP contribution in [0, 0.1) is 5.82 Å².